The third-order valence-corrected chi connectivity index (χ3v) is 4.07. The third kappa shape index (κ3) is 2.32. The van der Waals surface area contributed by atoms with E-state index in [4.69, 9.17) is 5.73 Å². The van der Waals surface area contributed by atoms with E-state index in [9.17, 15) is 4.79 Å². The number of nitrogens with zero attached hydrogens (tertiary/aromatic N) is 1. The van der Waals surface area contributed by atoms with Crippen LogP contribution in [-0.4, -0.2) is 26.0 Å². The lowest BCUT2D eigenvalue weighted by molar-refractivity contribution is -0.128. The molecular weight excluding hydrogens is 294 g/mol. The summed E-state index contributed by atoms with van der Waals surface area (Å²) in [5.74, 6) is 0.0959. The number of hydrogen-bond donors (Lipinski definition) is 2. The lowest BCUT2D eigenvalue weighted by Crippen LogP contribution is -2.39. The molecule has 0 spiro atoms. The van der Waals surface area contributed by atoms with E-state index in [1.54, 1.807) is 7.05 Å². The molecule has 1 atom stereocenters. The first-order valence-corrected chi connectivity index (χ1v) is 6.78. The van der Waals surface area contributed by atoms with Gasteiger partial charge in [-0.2, -0.15) is 0 Å². The second-order valence-electron chi connectivity index (χ2n) is 5.01. The van der Waals surface area contributed by atoms with Crippen LogP contribution in [0.15, 0.2) is 22.7 Å². The molecule has 2 rings (SSSR count). The Hall–Kier alpha value is -1.23. The van der Waals surface area contributed by atoms with Crippen molar-refractivity contribution in [3.63, 3.8) is 0 Å². The van der Waals surface area contributed by atoms with Crippen molar-refractivity contribution in [3.8, 4) is 0 Å². The molecule has 18 heavy (non-hydrogen) atoms. The van der Waals surface area contributed by atoms with Crippen LogP contribution in [0.25, 0.3) is 0 Å². The average molecular weight is 312 g/mol. The molecule has 1 aliphatic rings. The maximum Gasteiger partial charge on any atom is 0.227 e. The molecule has 1 unspecified atom stereocenters. The highest BCUT2D eigenvalue weighted by molar-refractivity contribution is 9.10. The predicted octanol–water partition coefficient (Wildman–Crippen LogP) is 1.99. The van der Waals surface area contributed by atoms with E-state index in [0.29, 0.717) is 6.54 Å². The number of nitrogens with one attached hydrogen (secondary N) is 1. The summed E-state index contributed by atoms with van der Waals surface area (Å²) in [6, 6.07) is 5.81. The van der Waals surface area contributed by atoms with Gasteiger partial charge in [-0.3, -0.25) is 4.79 Å². The first-order valence-electron chi connectivity index (χ1n) is 5.98. The molecule has 1 fully saturated rings. The SMILES string of the molecule is CNC(=O)C1(C)CCN(c2cc(Br)ccc2N)C1. The number of hydrogen-bond acceptors (Lipinski definition) is 3. The van der Waals surface area contributed by atoms with Crippen molar-refractivity contribution in [1.82, 2.24) is 5.32 Å². The summed E-state index contributed by atoms with van der Waals surface area (Å²) in [5.41, 5.74) is 7.42. The predicted molar refractivity (Wildman–Crippen MR) is 77.6 cm³/mol. The highest BCUT2D eigenvalue weighted by Gasteiger charge is 2.40. The van der Waals surface area contributed by atoms with Gasteiger partial charge in [-0.05, 0) is 31.5 Å². The molecule has 1 aromatic rings. The van der Waals surface area contributed by atoms with Crippen molar-refractivity contribution < 1.29 is 4.79 Å². The fourth-order valence-electron chi connectivity index (χ4n) is 2.44. The monoisotopic (exact) mass is 311 g/mol. The zero-order valence-electron chi connectivity index (χ0n) is 10.7. The van der Waals surface area contributed by atoms with Gasteiger partial charge in [-0.25, -0.2) is 0 Å². The molecule has 4 nitrogen and oxygen atoms in total. The molecule has 98 valence electrons. The number of nitrogen functional groups attached to an aromatic ring is 1. The van der Waals surface area contributed by atoms with E-state index in [1.165, 1.54) is 0 Å². The smallest absolute Gasteiger partial charge is 0.227 e. The molecule has 1 aliphatic heterocycles. The first-order chi connectivity index (χ1) is 8.46. The van der Waals surface area contributed by atoms with Crippen LogP contribution < -0.4 is 16.0 Å². The largest absolute Gasteiger partial charge is 0.397 e. The number of rotatable bonds is 2. The Morgan fingerprint density at radius 2 is 2.28 bits per heavy atom. The van der Waals surface area contributed by atoms with Crippen molar-refractivity contribution in [1.29, 1.82) is 0 Å². The van der Waals surface area contributed by atoms with Gasteiger partial charge in [-0.1, -0.05) is 15.9 Å². The zero-order valence-corrected chi connectivity index (χ0v) is 12.3. The first kappa shape index (κ1) is 13.2. The number of amides is 1. The maximum absolute atomic E-state index is 11.9. The van der Waals surface area contributed by atoms with Crippen molar-refractivity contribution >= 4 is 33.2 Å². The average Bonchev–Trinajstić information content (AvgIpc) is 2.75. The molecule has 0 aromatic heterocycles. The molecule has 1 aromatic carbocycles. The highest BCUT2D eigenvalue weighted by atomic mass is 79.9. The van der Waals surface area contributed by atoms with Gasteiger partial charge in [0.05, 0.1) is 16.8 Å². The van der Waals surface area contributed by atoms with Crippen molar-refractivity contribution in [2.45, 2.75) is 13.3 Å². The Morgan fingerprint density at radius 1 is 1.56 bits per heavy atom. The summed E-state index contributed by atoms with van der Waals surface area (Å²) in [7, 11) is 1.68. The van der Waals surface area contributed by atoms with Gasteiger partial charge in [0.1, 0.15) is 0 Å². The standard InChI is InChI=1S/C13H18BrN3O/c1-13(12(18)16-2)5-6-17(8-13)11-7-9(14)3-4-10(11)15/h3-4,7H,5-6,8,15H2,1-2H3,(H,16,18). The lowest BCUT2D eigenvalue weighted by Gasteiger charge is -2.25. The van der Waals surface area contributed by atoms with Crippen LogP contribution in [0.1, 0.15) is 13.3 Å². The van der Waals surface area contributed by atoms with Crippen LogP contribution >= 0.6 is 15.9 Å². The Kier molecular flexibility index (Phi) is 3.52. The van der Waals surface area contributed by atoms with E-state index >= 15 is 0 Å². The molecule has 0 radical (unpaired) electrons. The number of benzene rings is 1. The zero-order chi connectivity index (χ0) is 13.3. The van der Waals surface area contributed by atoms with Crippen LogP contribution in [0.4, 0.5) is 11.4 Å². The molecule has 0 saturated carbocycles. The summed E-state index contributed by atoms with van der Waals surface area (Å²) >= 11 is 3.45. The van der Waals surface area contributed by atoms with Crippen molar-refractivity contribution in [2.24, 2.45) is 5.41 Å². The summed E-state index contributed by atoms with van der Waals surface area (Å²) in [4.78, 5) is 14.1. The molecular formula is C13H18BrN3O. The Morgan fingerprint density at radius 3 is 2.94 bits per heavy atom. The minimum Gasteiger partial charge on any atom is -0.397 e. The van der Waals surface area contributed by atoms with Gasteiger partial charge in [-0.15, -0.1) is 0 Å². The van der Waals surface area contributed by atoms with E-state index in [-0.39, 0.29) is 11.3 Å². The Balaban J connectivity index is 2.23. The normalized spacial score (nSPS) is 23.2. The van der Waals surface area contributed by atoms with E-state index in [2.05, 4.69) is 26.1 Å². The number of halogens is 1. The molecule has 3 N–H and O–H groups in total. The summed E-state index contributed by atoms with van der Waals surface area (Å²) in [6.07, 6.45) is 0.846. The van der Waals surface area contributed by atoms with E-state index in [1.807, 2.05) is 25.1 Å². The second-order valence-corrected chi connectivity index (χ2v) is 5.93. The van der Waals surface area contributed by atoms with Gasteiger partial charge < -0.3 is 16.0 Å². The summed E-state index contributed by atoms with van der Waals surface area (Å²) in [5, 5.41) is 2.74. The van der Waals surface area contributed by atoms with Gasteiger partial charge in [0.2, 0.25) is 5.91 Å². The topological polar surface area (TPSA) is 58.4 Å². The van der Waals surface area contributed by atoms with Gasteiger partial charge >= 0.3 is 0 Å². The van der Waals surface area contributed by atoms with Gasteiger partial charge in [0, 0.05) is 24.6 Å². The van der Waals surface area contributed by atoms with E-state index in [0.717, 1.165) is 28.8 Å². The highest BCUT2D eigenvalue weighted by Crippen LogP contribution is 2.36. The molecule has 0 bridgehead atoms. The number of nitrogens with two attached hydrogens (primary N) is 1. The van der Waals surface area contributed by atoms with E-state index < -0.39 is 0 Å². The Labute approximate surface area is 116 Å². The number of carbonyl (C=O) groups is 1. The van der Waals surface area contributed by atoms with Crippen molar-refractivity contribution in [3.05, 3.63) is 22.7 Å². The van der Waals surface area contributed by atoms with Crippen molar-refractivity contribution in [2.75, 3.05) is 30.8 Å². The number of anilines is 2. The lowest BCUT2D eigenvalue weighted by atomic mass is 9.89. The van der Waals surface area contributed by atoms with Crippen LogP contribution in [0.3, 0.4) is 0 Å². The van der Waals surface area contributed by atoms with Gasteiger partial charge in [0.25, 0.3) is 0 Å². The summed E-state index contributed by atoms with van der Waals surface area (Å²) < 4.78 is 1.00. The fraction of sp³-hybridized carbons (Fsp3) is 0.462. The van der Waals surface area contributed by atoms with Crippen LogP contribution in [-0.2, 0) is 4.79 Å². The van der Waals surface area contributed by atoms with Crippen LogP contribution in [0, 0.1) is 5.41 Å². The molecule has 1 amide bonds. The molecule has 1 saturated heterocycles. The van der Waals surface area contributed by atoms with Crippen LogP contribution in [0.5, 0.6) is 0 Å². The van der Waals surface area contributed by atoms with Gasteiger partial charge in [0.15, 0.2) is 0 Å². The molecule has 5 heteroatoms. The fourth-order valence-corrected chi connectivity index (χ4v) is 2.79. The number of carbonyl (C=O) groups excluding carboxylic acids is 1. The Bertz CT molecular complexity index is 477. The third-order valence-electron chi connectivity index (χ3n) is 3.58. The minimum atomic E-state index is -0.330. The molecule has 0 aliphatic carbocycles. The maximum atomic E-state index is 11.9. The summed E-state index contributed by atoms with van der Waals surface area (Å²) in [6.45, 7) is 3.55. The second kappa shape index (κ2) is 4.80. The quantitative estimate of drug-likeness (QED) is 0.821. The molecule has 1 heterocycles. The van der Waals surface area contributed by atoms with Crippen LogP contribution in [0.2, 0.25) is 0 Å². The minimum absolute atomic E-state index is 0.0959.